The average Bonchev–Trinajstić information content (AvgIpc) is 2.60. The summed E-state index contributed by atoms with van der Waals surface area (Å²) in [6.07, 6.45) is 3.05. The molecule has 1 radical (unpaired) electrons. The monoisotopic (exact) mass is 527 g/mol. The summed E-state index contributed by atoms with van der Waals surface area (Å²) >= 11 is 0. The van der Waals surface area contributed by atoms with E-state index < -0.39 is 35.8 Å². The van der Waals surface area contributed by atoms with Crippen LogP contribution in [0.4, 0.5) is 0 Å². The number of unbranched alkanes of at least 4 members (excludes halogenated alkanes) is 3. The molecule has 0 atom stereocenters. The van der Waals surface area contributed by atoms with Gasteiger partial charge in [0.25, 0.3) is 0 Å². The van der Waals surface area contributed by atoms with Crippen LogP contribution in [0.2, 0.25) is 0 Å². The molecule has 0 aromatic heterocycles. The van der Waals surface area contributed by atoms with Gasteiger partial charge in [-0.2, -0.15) is 0 Å². The first-order valence-corrected chi connectivity index (χ1v) is 9.19. The van der Waals surface area contributed by atoms with Crippen molar-refractivity contribution in [3.63, 3.8) is 0 Å². The summed E-state index contributed by atoms with van der Waals surface area (Å²) in [5, 5.41) is 48.8. The van der Waals surface area contributed by atoms with Gasteiger partial charge < -0.3 is 30.6 Å². The smallest absolute Gasteiger partial charge is 0.303 e. The molecule has 0 heterocycles. The van der Waals surface area contributed by atoms with Crippen LogP contribution in [0.3, 0.4) is 0 Å². The zero-order valence-corrected chi connectivity index (χ0v) is 20.0. The maximum atomic E-state index is 9.90. The van der Waals surface area contributed by atoms with E-state index >= 15 is 0 Å². The van der Waals surface area contributed by atoms with Crippen molar-refractivity contribution in [3.8, 4) is 0 Å². The third-order valence-electron chi connectivity index (χ3n) is 3.09. The minimum atomic E-state index is -0.870. The van der Waals surface area contributed by atoms with E-state index in [0.29, 0.717) is 38.5 Å². The van der Waals surface area contributed by atoms with E-state index in [4.69, 9.17) is 30.6 Å². The van der Waals surface area contributed by atoms with E-state index in [1.165, 1.54) is 0 Å². The molecule has 0 fully saturated rings. The number of carboxylic acid groups (broad SMARTS) is 6. The van der Waals surface area contributed by atoms with Gasteiger partial charge in [-0.15, -0.1) is 0 Å². The third-order valence-corrected chi connectivity index (χ3v) is 3.09. The maximum Gasteiger partial charge on any atom is 0.303 e. The number of rotatable bonds is 15. The molecule has 0 saturated heterocycles. The van der Waals surface area contributed by atoms with Crippen molar-refractivity contribution in [3.05, 3.63) is 0 Å². The number of carbonyl (C=O) groups is 6. The van der Waals surface area contributed by atoms with Gasteiger partial charge in [0.2, 0.25) is 0 Å². The van der Waals surface area contributed by atoms with E-state index in [9.17, 15) is 28.8 Å². The van der Waals surface area contributed by atoms with Crippen molar-refractivity contribution >= 4 is 35.8 Å². The van der Waals surface area contributed by atoms with Crippen LogP contribution in [0.1, 0.15) is 77.0 Å². The molecular formula is C18H30O12Y. The summed E-state index contributed by atoms with van der Waals surface area (Å²) in [7, 11) is 0. The van der Waals surface area contributed by atoms with Crippen molar-refractivity contribution in [1.29, 1.82) is 0 Å². The summed E-state index contributed by atoms with van der Waals surface area (Å²) in [6.45, 7) is 0. The van der Waals surface area contributed by atoms with Crippen molar-refractivity contribution in [2.45, 2.75) is 77.0 Å². The molecule has 0 bridgehead atoms. The van der Waals surface area contributed by atoms with Crippen LogP contribution in [0, 0.1) is 0 Å². The molecule has 31 heavy (non-hydrogen) atoms. The van der Waals surface area contributed by atoms with Crippen LogP contribution in [-0.2, 0) is 61.5 Å². The predicted octanol–water partition coefficient (Wildman–Crippen LogP) is 2.15. The van der Waals surface area contributed by atoms with Gasteiger partial charge in [-0.25, -0.2) is 0 Å². The summed E-state index contributed by atoms with van der Waals surface area (Å²) in [4.78, 5) is 59.4. The molecule has 0 spiro atoms. The normalized spacial score (nSPS) is 8.90. The van der Waals surface area contributed by atoms with Crippen LogP contribution in [0.25, 0.3) is 0 Å². The second-order valence-electron chi connectivity index (χ2n) is 5.98. The fraction of sp³-hybridized carbons (Fsp3) is 0.667. The van der Waals surface area contributed by atoms with Crippen LogP contribution < -0.4 is 0 Å². The van der Waals surface area contributed by atoms with Crippen LogP contribution in [0.15, 0.2) is 0 Å². The Bertz CT molecular complexity index is 424. The Balaban J connectivity index is -0.000000174. The standard InChI is InChI=1S/3C6H10O4.Y/c3*7-5(8)3-1-2-4-6(9)10;/h3*1-4H2,(H,7,8)(H,9,10);. The fourth-order valence-corrected chi connectivity index (χ4v) is 1.66. The van der Waals surface area contributed by atoms with Gasteiger partial charge in [-0.05, 0) is 38.5 Å². The third kappa shape index (κ3) is 52.4. The molecular weight excluding hydrogens is 497 g/mol. The van der Waals surface area contributed by atoms with E-state index in [2.05, 4.69) is 0 Å². The van der Waals surface area contributed by atoms with E-state index in [1.807, 2.05) is 0 Å². The van der Waals surface area contributed by atoms with Crippen LogP contribution in [0.5, 0.6) is 0 Å². The van der Waals surface area contributed by atoms with Crippen molar-refractivity contribution < 1.29 is 92.1 Å². The fourth-order valence-electron chi connectivity index (χ4n) is 1.66. The average molecular weight is 527 g/mol. The Morgan fingerprint density at radius 2 is 0.419 bits per heavy atom. The molecule has 13 heteroatoms. The van der Waals surface area contributed by atoms with Crippen LogP contribution >= 0.6 is 0 Å². The first-order chi connectivity index (χ1) is 13.9. The first-order valence-electron chi connectivity index (χ1n) is 9.19. The molecule has 0 rings (SSSR count). The van der Waals surface area contributed by atoms with Crippen molar-refractivity contribution in [2.75, 3.05) is 0 Å². The molecule has 6 N–H and O–H groups in total. The number of carboxylic acids is 6. The Hall–Kier alpha value is -2.08. The van der Waals surface area contributed by atoms with Gasteiger partial charge in [-0.1, -0.05) is 0 Å². The maximum absolute atomic E-state index is 9.90. The van der Waals surface area contributed by atoms with Crippen LogP contribution in [-0.4, -0.2) is 66.5 Å². The Labute approximate surface area is 204 Å². The first kappa shape index (κ1) is 36.3. The minimum absolute atomic E-state index is 0. The number of hydrogen-bond acceptors (Lipinski definition) is 6. The second-order valence-corrected chi connectivity index (χ2v) is 5.98. The number of hydrogen-bond donors (Lipinski definition) is 6. The van der Waals surface area contributed by atoms with E-state index in [0.717, 1.165) is 0 Å². The Morgan fingerprint density at radius 3 is 0.484 bits per heavy atom. The molecule has 177 valence electrons. The molecule has 0 aliphatic heterocycles. The van der Waals surface area contributed by atoms with Crippen molar-refractivity contribution in [2.24, 2.45) is 0 Å². The largest absolute Gasteiger partial charge is 0.481 e. The molecule has 0 amide bonds. The van der Waals surface area contributed by atoms with Gasteiger partial charge in [0.1, 0.15) is 0 Å². The molecule has 0 aliphatic rings. The quantitative estimate of drug-likeness (QED) is 0.169. The molecule has 0 saturated carbocycles. The molecule has 0 aromatic carbocycles. The summed E-state index contributed by atoms with van der Waals surface area (Å²) in [5.74, 6) is -5.22. The summed E-state index contributed by atoms with van der Waals surface area (Å²) < 4.78 is 0. The number of aliphatic carboxylic acids is 6. The second kappa shape index (κ2) is 26.0. The van der Waals surface area contributed by atoms with Crippen molar-refractivity contribution in [1.82, 2.24) is 0 Å². The molecule has 0 aliphatic carbocycles. The van der Waals surface area contributed by atoms with Gasteiger partial charge in [0.15, 0.2) is 0 Å². The summed E-state index contributed by atoms with van der Waals surface area (Å²) in [6, 6.07) is 0. The van der Waals surface area contributed by atoms with E-state index in [1.54, 1.807) is 0 Å². The topological polar surface area (TPSA) is 224 Å². The minimum Gasteiger partial charge on any atom is -0.481 e. The molecule has 12 nitrogen and oxygen atoms in total. The zero-order chi connectivity index (χ0) is 23.9. The predicted molar refractivity (Wildman–Crippen MR) is 101 cm³/mol. The van der Waals surface area contributed by atoms with Gasteiger partial charge in [0.05, 0.1) is 0 Å². The van der Waals surface area contributed by atoms with Gasteiger partial charge in [-0.3, -0.25) is 28.8 Å². The molecule has 0 unspecified atom stereocenters. The zero-order valence-electron chi connectivity index (χ0n) is 17.2. The SMILES string of the molecule is O=C(O)CCCCC(=O)O.O=C(O)CCCCC(=O)O.O=C(O)CCCCC(=O)O.[Y]. The Kier molecular flexibility index (Phi) is 30.4. The molecule has 0 aromatic rings. The van der Waals surface area contributed by atoms with E-state index in [-0.39, 0.29) is 71.2 Å². The van der Waals surface area contributed by atoms with Gasteiger partial charge >= 0.3 is 35.8 Å². The summed E-state index contributed by atoms with van der Waals surface area (Å²) in [5.41, 5.74) is 0. The Morgan fingerprint density at radius 1 is 0.323 bits per heavy atom. The van der Waals surface area contributed by atoms with Gasteiger partial charge in [0, 0.05) is 71.2 Å².